The maximum Gasteiger partial charge on any atom is 0.255 e. The van der Waals surface area contributed by atoms with E-state index in [9.17, 15) is 4.79 Å². The van der Waals surface area contributed by atoms with E-state index in [-0.39, 0.29) is 5.91 Å². The Bertz CT molecular complexity index is 773. The van der Waals surface area contributed by atoms with E-state index in [1.165, 1.54) is 10.5 Å². The number of benzene rings is 2. The first-order chi connectivity index (χ1) is 13.7. The lowest BCUT2D eigenvalue weighted by molar-refractivity contribution is 0.0549. The van der Waals surface area contributed by atoms with Crippen molar-refractivity contribution in [2.45, 2.75) is 30.1 Å². The van der Waals surface area contributed by atoms with E-state index < -0.39 is 0 Å². The summed E-state index contributed by atoms with van der Waals surface area (Å²) in [6.45, 7) is 10.2. The Morgan fingerprint density at radius 2 is 1.64 bits per heavy atom. The third-order valence-electron chi connectivity index (χ3n) is 4.99. The third-order valence-corrected chi connectivity index (χ3v) is 6.24. The monoisotopic (exact) mass is 398 g/mol. The van der Waals surface area contributed by atoms with E-state index in [1.54, 1.807) is 11.8 Å². The van der Waals surface area contributed by atoms with Crippen LogP contribution in [0.15, 0.2) is 58.3 Å². The molecular formula is C23H30N2O2S. The molecule has 0 radical (unpaired) electrons. The van der Waals surface area contributed by atoms with Crippen molar-refractivity contribution in [1.82, 2.24) is 9.80 Å². The van der Waals surface area contributed by atoms with Gasteiger partial charge in [-0.1, -0.05) is 49.0 Å². The maximum atomic E-state index is 13.2. The molecule has 0 aromatic heterocycles. The number of hydrogen-bond donors (Lipinski definition) is 0. The average molecular weight is 399 g/mol. The van der Waals surface area contributed by atoms with Gasteiger partial charge in [0, 0.05) is 49.1 Å². The van der Waals surface area contributed by atoms with Crippen LogP contribution in [0, 0.1) is 6.92 Å². The highest BCUT2D eigenvalue weighted by atomic mass is 32.2. The summed E-state index contributed by atoms with van der Waals surface area (Å²) < 4.78 is 5.59. The highest BCUT2D eigenvalue weighted by molar-refractivity contribution is 7.99. The van der Waals surface area contributed by atoms with Crippen molar-refractivity contribution in [3.8, 4) is 0 Å². The molecular weight excluding hydrogens is 368 g/mol. The van der Waals surface area contributed by atoms with Gasteiger partial charge < -0.3 is 9.64 Å². The number of piperazine rings is 1. The molecule has 2 aromatic carbocycles. The van der Waals surface area contributed by atoms with Crippen LogP contribution >= 0.6 is 11.8 Å². The van der Waals surface area contributed by atoms with Crippen molar-refractivity contribution in [3.63, 3.8) is 0 Å². The Balaban J connectivity index is 1.60. The SMILES string of the molecule is CCCOCCN1CCN(C(=O)c2ccccc2Sc2ccccc2C)CC1. The molecule has 150 valence electrons. The van der Waals surface area contributed by atoms with Crippen molar-refractivity contribution < 1.29 is 9.53 Å². The smallest absolute Gasteiger partial charge is 0.255 e. The minimum absolute atomic E-state index is 0.138. The predicted molar refractivity (Wildman–Crippen MR) is 115 cm³/mol. The molecule has 3 rings (SSSR count). The first-order valence-corrected chi connectivity index (χ1v) is 10.9. The fourth-order valence-electron chi connectivity index (χ4n) is 3.31. The zero-order chi connectivity index (χ0) is 19.8. The van der Waals surface area contributed by atoms with Gasteiger partial charge in [0.25, 0.3) is 5.91 Å². The Morgan fingerprint density at radius 3 is 2.36 bits per heavy atom. The van der Waals surface area contributed by atoms with E-state index in [4.69, 9.17) is 4.74 Å². The van der Waals surface area contributed by atoms with Gasteiger partial charge in [-0.25, -0.2) is 0 Å². The molecule has 1 aliphatic rings. The van der Waals surface area contributed by atoms with E-state index in [1.807, 2.05) is 41.3 Å². The van der Waals surface area contributed by atoms with Crippen molar-refractivity contribution >= 4 is 17.7 Å². The van der Waals surface area contributed by atoms with E-state index in [0.29, 0.717) is 0 Å². The first-order valence-electron chi connectivity index (χ1n) is 10.1. The molecule has 0 saturated carbocycles. The standard InChI is InChI=1S/C23H30N2O2S/c1-3-17-27-18-16-24-12-14-25(15-13-24)23(26)20-9-5-7-11-22(20)28-21-10-6-4-8-19(21)2/h4-11H,3,12-18H2,1-2H3. The number of aryl methyl sites for hydroxylation is 1. The van der Waals surface area contributed by atoms with Gasteiger partial charge in [-0.2, -0.15) is 0 Å². The largest absolute Gasteiger partial charge is 0.380 e. The minimum Gasteiger partial charge on any atom is -0.380 e. The van der Waals surface area contributed by atoms with Crippen LogP contribution in [-0.2, 0) is 4.74 Å². The number of ether oxygens (including phenoxy) is 1. The van der Waals surface area contributed by atoms with Crippen molar-refractivity contribution in [1.29, 1.82) is 0 Å². The van der Waals surface area contributed by atoms with E-state index in [0.717, 1.165) is 62.8 Å². The molecule has 0 N–H and O–H groups in total. The number of hydrogen-bond acceptors (Lipinski definition) is 4. The Morgan fingerprint density at radius 1 is 0.964 bits per heavy atom. The lowest BCUT2D eigenvalue weighted by Gasteiger charge is -2.35. The topological polar surface area (TPSA) is 32.8 Å². The molecule has 1 aliphatic heterocycles. The average Bonchev–Trinajstić information content (AvgIpc) is 2.73. The van der Waals surface area contributed by atoms with Crippen LogP contribution in [0.1, 0.15) is 29.3 Å². The maximum absolute atomic E-state index is 13.2. The molecule has 0 bridgehead atoms. The molecule has 1 amide bonds. The molecule has 0 aliphatic carbocycles. The van der Waals surface area contributed by atoms with E-state index in [2.05, 4.69) is 30.9 Å². The molecule has 28 heavy (non-hydrogen) atoms. The summed E-state index contributed by atoms with van der Waals surface area (Å²) in [5, 5.41) is 0. The molecule has 0 spiro atoms. The molecule has 0 atom stereocenters. The Labute approximate surface area is 172 Å². The normalized spacial score (nSPS) is 15.0. The number of nitrogens with zero attached hydrogens (tertiary/aromatic N) is 2. The summed E-state index contributed by atoms with van der Waals surface area (Å²) in [5.41, 5.74) is 2.03. The second-order valence-electron chi connectivity index (χ2n) is 7.11. The van der Waals surface area contributed by atoms with Crippen molar-refractivity contribution in [2.24, 2.45) is 0 Å². The molecule has 1 heterocycles. The molecule has 1 fully saturated rings. The van der Waals surface area contributed by atoms with Crippen LogP contribution in [0.5, 0.6) is 0 Å². The lowest BCUT2D eigenvalue weighted by Crippen LogP contribution is -2.49. The molecule has 1 saturated heterocycles. The first kappa shape index (κ1) is 20.9. The Kier molecular flexibility index (Phi) is 7.95. The minimum atomic E-state index is 0.138. The van der Waals surface area contributed by atoms with Crippen molar-refractivity contribution in [2.75, 3.05) is 45.9 Å². The molecule has 5 heteroatoms. The number of carbonyl (C=O) groups is 1. The van der Waals surface area contributed by atoms with Crippen LogP contribution in [-0.4, -0.2) is 61.6 Å². The summed E-state index contributed by atoms with van der Waals surface area (Å²) in [4.78, 5) is 19.8. The van der Waals surface area contributed by atoms with Crippen LogP contribution in [0.3, 0.4) is 0 Å². The number of amides is 1. The quantitative estimate of drug-likeness (QED) is 0.620. The van der Waals surface area contributed by atoms with Crippen LogP contribution in [0.25, 0.3) is 0 Å². The van der Waals surface area contributed by atoms with Gasteiger partial charge in [-0.15, -0.1) is 0 Å². The summed E-state index contributed by atoms with van der Waals surface area (Å²) in [7, 11) is 0. The van der Waals surface area contributed by atoms with Crippen LogP contribution in [0.4, 0.5) is 0 Å². The van der Waals surface area contributed by atoms with E-state index >= 15 is 0 Å². The molecule has 2 aromatic rings. The Hall–Kier alpha value is -1.82. The van der Waals surface area contributed by atoms with Gasteiger partial charge in [0.15, 0.2) is 0 Å². The highest BCUT2D eigenvalue weighted by Crippen LogP contribution is 2.33. The second kappa shape index (κ2) is 10.6. The lowest BCUT2D eigenvalue weighted by atomic mass is 10.2. The van der Waals surface area contributed by atoms with Crippen LogP contribution < -0.4 is 0 Å². The van der Waals surface area contributed by atoms with Gasteiger partial charge in [0.1, 0.15) is 0 Å². The van der Waals surface area contributed by atoms with Gasteiger partial charge in [-0.3, -0.25) is 9.69 Å². The summed E-state index contributed by atoms with van der Waals surface area (Å²) >= 11 is 1.67. The zero-order valence-electron chi connectivity index (χ0n) is 16.9. The van der Waals surface area contributed by atoms with Gasteiger partial charge in [0.2, 0.25) is 0 Å². The summed E-state index contributed by atoms with van der Waals surface area (Å²) in [5.74, 6) is 0.138. The fraction of sp³-hybridized carbons (Fsp3) is 0.435. The third kappa shape index (κ3) is 5.60. The molecule has 4 nitrogen and oxygen atoms in total. The zero-order valence-corrected chi connectivity index (χ0v) is 17.7. The predicted octanol–water partition coefficient (Wildman–Crippen LogP) is 4.33. The van der Waals surface area contributed by atoms with Gasteiger partial charge in [0.05, 0.1) is 12.2 Å². The highest BCUT2D eigenvalue weighted by Gasteiger charge is 2.23. The number of rotatable bonds is 8. The summed E-state index contributed by atoms with van der Waals surface area (Å²) in [6.07, 6.45) is 1.06. The fourth-order valence-corrected chi connectivity index (χ4v) is 4.33. The van der Waals surface area contributed by atoms with Crippen molar-refractivity contribution in [3.05, 3.63) is 59.7 Å². The van der Waals surface area contributed by atoms with Crippen LogP contribution in [0.2, 0.25) is 0 Å². The van der Waals surface area contributed by atoms with Gasteiger partial charge >= 0.3 is 0 Å². The molecule has 0 unspecified atom stereocenters. The number of carbonyl (C=O) groups excluding carboxylic acids is 1. The van der Waals surface area contributed by atoms with Gasteiger partial charge in [-0.05, 0) is 37.1 Å². The summed E-state index contributed by atoms with van der Waals surface area (Å²) in [6, 6.07) is 16.3. The second-order valence-corrected chi connectivity index (χ2v) is 8.19.